The zero-order valence-corrected chi connectivity index (χ0v) is 30.1. The summed E-state index contributed by atoms with van der Waals surface area (Å²) in [4.78, 5) is 15.0. The van der Waals surface area contributed by atoms with Gasteiger partial charge in [-0.3, -0.25) is 0 Å². The number of hydrogen-bond acceptors (Lipinski definition) is 4. The zero-order chi connectivity index (χ0) is 36.8. The first-order valence-corrected chi connectivity index (χ1v) is 19.0. The van der Waals surface area contributed by atoms with E-state index in [1.54, 1.807) is 0 Å². The molecule has 8 aromatic carbocycles. The molecule has 12 rings (SSSR count). The molecule has 0 saturated carbocycles. The van der Waals surface area contributed by atoms with Gasteiger partial charge in [0.15, 0.2) is 17.5 Å². The van der Waals surface area contributed by atoms with Crippen LogP contribution in [0.15, 0.2) is 192 Å². The van der Waals surface area contributed by atoms with Crippen LogP contribution in [0.2, 0.25) is 0 Å². The van der Waals surface area contributed by atoms with E-state index in [0.29, 0.717) is 17.5 Å². The smallest absolute Gasteiger partial charge is 0.164 e. The standard InChI is InChI=1S/C52H31N3O/c1-3-14-32(15-4-1)49-53-50(33-16-5-2-6-17-33)55-51(54-49)36-19-13-18-34(30-36)35-26-27-39-44(31-35)52(41-23-10-7-20-37(41)38-21-8-11-24-42(38)52)43-28-29-46-48(47(39)43)40-22-9-12-25-45(40)56-46/h1-31H. The Labute approximate surface area is 323 Å². The molecule has 1 spiro atoms. The van der Waals surface area contributed by atoms with Crippen molar-refractivity contribution in [1.82, 2.24) is 15.0 Å². The van der Waals surface area contributed by atoms with Gasteiger partial charge in [-0.05, 0) is 79.9 Å². The lowest BCUT2D eigenvalue weighted by Gasteiger charge is -2.30. The third kappa shape index (κ3) is 4.32. The van der Waals surface area contributed by atoms with E-state index in [1.807, 2.05) is 66.7 Å². The third-order valence-electron chi connectivity index (χ3n) is 11.7. The Balaban J connectivity index is 1.09. The molecule has 0 N–H and O–H groups in total. The molecule has 2 heterocycles. The highest BCUT2D eigenvalue weighted by Gasteiger charge is 2.52. The second kappa shape index (κ2) is 11.8. The normalized spacial score (nSPS) is 13.1. The van der Waals surface area contributed by atoms with Crippen LogP contribution in [0.4, 0.5) is 0 Å². The monoisotopic (exact) mass is 713 g/mol. The summed E-state index contributed by atoms with van der Waals surface area (Å²) in [7, 11) is 0. The van der Waals surface area contributed by atoms with Gasteiger partial charge in [0.05, 0.1) is 5.41 Å². The van der Waals surface area contributed by atoms with Crippen LogP contribution in [-0.2, 0) is 5.41 Å². The van der Waals surface area contributed by atoms with Gasteiger partial charge in [-0.2, -0.15) is 0 Å². The van der Waals surface area contributed by atoms with Crippen molar-refractivity contribution in [2.45, 2.75) is 5.41 Å². The van der Waals surface area contributed by atoms with Gasteiger partial charge in [-0.15, -0.1) is 0 Å². The fourth-order valence-electron chi connectivity index (χ4n) is 9.40. The fourth-order valence-corrected chi connectivity index (χ4v) is 9.40. The van der Waals surface area contributed by atoms with Crippen molar-refractivity contribution in [1.29, 1.82) is 0 Å². The first-order chi connectivity index (χ1) is 27.8. The minimum atomic E-state index is -0.499. The molecule has 0 atom stereocenters. The first-order valence-electron chi connectivity index (χ1n) is 19.0. The number of para-hydroxylation sites is 1. The number of nitrogens with zero attached hydrogens (tertiary/aromatic N) is 3. The summed E-state index contributed by atoms with van der Waals surface area (Å²) < 4.78 is 6.49. The Bertz CT molecular complexity index is 3100. The van der Waals surface area contributed by atoms with Crippen LogP contribution >= 0.6 is 0 Å². The molecule has 0 radical (unpaired) electrons. The molecule has 56 heavy (non-hydrogen) atoms. The van der Waals surface area contributed by atoms with Crippen LogP contribution in [0, 0.1) is 0 Å². The summed E-state index contributed by atoms with van der Waals surface area (Å²) >= 11 is 0. The maximum Gasteiger partial charge on any atom is 0.164 e. The van der Waals surface area contributed by atoms with Crippen molar-refractivity contribution >= 4 is 21.9 Å². The summed E-state index contributed by atoms with van der Waals surface area (Å²) in [5.74, 6) is 1.93. The first kappa shape index (κ1) is 31.0. The molecule has 0 amide bonds. The molecule has 4 heteroatoms. The van der Waals surface area contributed by atoms with Gasteiger partial charge in [0.2, 0.25) is 0 Å². The van der Waals surface area contributed by atoms with Crippen LogP contribution < -0.4 is 0 Å². The van der Waals surface area contributed by atoms with E-state index in [-0.39, 0.29) is 0 Å². The van der Waals surface area contributed by atoms with Crippen LogP contribution in [0.5, 0.6) is 0 Å². The highest BCUT2D eigenvalue weighted by Crippen LogP contribution is 2.64. The van der Waals surface area contributed by atoms with Gasteiger partial charge in [-0.1, -0.05) is 164 Å². The maximum atomic E-state index is 6.49. The number of furan rings is 1. The van der Waals surface area contributed by atoms with Gasteiger partial charge in [0.25, 0.3) is 0 Å². The van der Waals surface area contributed by atoms with Crippen molar-refractivity contribution in [2.24, 2.45) is 0 Å². The molecular formula is C52H31N3O. The topological polar surface area (TPSA) is 51.8 Å². The Morgan fingerprint density at radius 1 is 0.339 bits per heavy atom. The predicted octanol–water partition coefficient (Wildman–Crippen LogP) is 12.8. The lowest BCUT2D eigenvalue weighted by Crippen LogP contribution is -2.25. The van der Waals surface area contributed by atoms with Crippen molar-refractivity contribution in [3.05, 3.63) is 210 Å². The average Bonchev–Trinajstić information content (AvgIpc) is 3.90. The molecule has 0 fully saturated rings. The SMILES string of the molecule is c1ccc(-c2nc(-c3ccccc3)nc(-c3cccc(-c4ccc5c(c4)C4(c6ccccc6-c6ccccc64)c4ccc6oc7ccccc7c6c4-5)c3)n2)cc1. The van der Waals surface area contributed by atoms with E-state index in [9.17, 15) is 0 Å². The highest BCUT2D eigenvalue weighted by atomic mass is 16.3. The molecule has 4 nitrogen and oxygen atoms in total. The Morgan fingerprint density at radius 3 is 1.59 bits per heavy atom. The van der Waals surface area contributed by atoms with Gasteiger partial charge in [-0.25, -0.2) is 15.0 Å². The summed E-state index contributed by atoms with van der Waals surface area (Å²) in [5.41, 5.74) is 16.6. The van der Waals surface area contributed by atoms with Crippen LogP contribution in [0.1, 0.15) is 22.3 Å². The molecule has 2 aliphatic carbocycles. The maximum absolute atomic E-state index is 6.49. The number of rotatable bonds is 4. The van der Waals surface area contributed by atoms with E-state index in [4.69, 9.17) is 19.4 Å². The summed E-state index contributed by atoms with van der Waals surface area (Å²) in [5, 5.41) is 2.31. The number of benzene rings is 8. The van der Waals surface area contributed by atoms with E-state index >= 15 is 0 Å². The predicted molar refractivity (Wildman–Crippen MR) is 225 cm³/mol. The molecule has 0 aliphatic heterocycles. The van der Waals surface area contributed by atoms with Crippen molar-refractivity contribution < 1.29 is 4.42 Å². The lowest BCUT2D eigenvalue weighted by atomic mass is 9.70. The number of fused-ring (bicyclic) bond motifs is 14. The lowest BCUT2D eigenvalue weighted by molar-refractivity contribution is 0.668. The zero-order valence-electron chi connectivity index (χ0n) is 30.1. The quantitative estimate of drug-likeness (QED) is 0.182. The number of aromatic nitrogens is 3. The molecule has 2 aromatic heterocycles. The minimum absolute atomic E-state index is 0.499. The van der Waals surface area contributed by atoms with Gasteiger partial charge in [0, 0.05) is 27.5 Å². The minimum Gasteiger partial charge on any atom is -0.456 e. The summed E-state index contributed by atoms with van der Waals surface area (Å²) in [6, 6.07) is 66.7. The van der Waals surface area contributed by atoms with Crippen molar-refractivity contribution in [3.63, 3.8) is 0 Å². The van der Waals surface area contributed by atoms with Gasteiger partial charge < -0.3 is 4.42 Å². The van der Waals surface area contributed by atoms with E-state index in [0.717, 1.165) is 44.4 Å². The van der Waals surface area contributed by atoms with Crippen LogP contribution in [0.25, 0.3) is 89.5 Å². The Kier molecular flexibility index (Phi) is 6.52. The van der Waals surface area contributed by atoms with E-state index in [1.165, 1.54) is 49.9 Å². The number of hydrogen-bond donors (Lipinski definition) is 0. The second-order valence-corrected chi connectivity index (χ2v) is 14.7. The van der Waals surface area contributed by atoms with E-state index in [2.05, 4.69) is 121 Å². The van der Waals surface area contributed by atoms with Crippen molar-refractivity contribution in [2.75, 3.05) is 0 Å². The van der Waals surface area contributed by atoms with E-state index < -0.39 is 5.41 Å². The summed E-state index contributed by atoms with van der Waals surface area (Å²) in [6.45, 7) is 0. The van der Waals surface area contributed by atoms with Gasteiger partial charge >= 0.3 is 0 Å². The highest BCUT2D eigenvalue weighted by molar-refractivity contribution is 6.16. The molecule has 0 bridgehead atoms. The largest absolute Gasteiger partial charge is 0.456 e. The molecule has 2 aliphatic rings. The molecule has 0 saturated heterocycles. The molecule has 10 aromatic rings. The van der Waals surface area contributed by atoms with Crippen molar-refractivity contribution in [3.8, 4) is 67.5 Å². The average molecular weight is 714 g/mol. The Morgan fingerprint density at radius 2 is 0.893 bits per heavy atom. The van der Waals surface area contributed by atoms with Gasteiger partial charge in [0.1, 0.15) is 11.2 Å². The molecular weight excluding hydrogens is 683 g/mol. The third-order valence-corrected chi connectivity index (χ3v) is 11.7. The second-order valence-electron chi connectivity index (χ2n) is 14.7. The van der Waals surface area contributed by atoms with Crippen LogP contribution in [0.3, 0.4) is 0 Å². The molecule has 0 unspecified atom stereocenters. The Hall–Kier alpha value is -7.43. The fraction of sp³-hybridized carbons (Fsp3) is 0.0192. The van der Waals surface area contributed by atoms with Crippen LogP contribution in [-0.4, -0.2) is 15.0 Å². The molecule has 260 valence electrons. The summed E-state index contributed by atoms with van der Waals surface area (Å²) in [6.07, 6.45) is 0.